The van der Waals surface area contributed by atoms with Crippen molar-refractivity contribution in [3.63, 3.8) is 0 Å². The van der Waals surface area contributed by atoms with Crippen molar-refractivity contribution in [1.82, 2.24) is 0 Å². The van der Waals surface area contributed by atoms with Gasteiger partial charge in [0.1, 0.15) is 19.3 Å². The summed E-state index contributed by atoms with van der Waals surface area (Å²) in [4.78, 5) is 73.3. The highest BCUT2D eigenvalue weighted by molar-refractivity contribution is 7.47. The van der Waals surface area contributed by atoms with E-state index in [1.165, 1.54) is 89.9 Å². The van der Waals surface area contributed by atoms with E-state index in [-0.39, 0.29) is 25.7 Å². The molecule has 0 amide bonds. The molecule has 0 heterocycles. The topological polar surface area (TPSA) is 237 Å². The molecule has 0 aromatic carbocycles. The summed E-state index contributed by atoms with van der Waals surface area (Å²) >= 11 is 0. The number of aliphatic hydroxyl groups is 1. The highest BCUT2D eigenvalue weighted by Gasteiger charge is 2.30. The lowest BCUT2D eigenvalue weighted by molar-refractivity contribution is -0.161. The zero-order valence-corrected chi connectivity index (χ0v) is 71.2. The van der Waals surface area contributed by atoms with Gasteiger partial charge in [0, 0.05) is 25.7 Å². The minimum atomic E-state index is -4.99. The van der Waals surface area contributed by atoms with Gasteiger partial charge in [-0.2, -0.15) is 0 Å². The van der Waals surface area contributed by atoms with Crippen LogP contribution in [0.5, 0.6) is 0 Å². The predicted octanol–water partition coefficient (Wildman–Crippen LogP) is 26.0. The van der Waals surface area contributed by atoms with Gasteiger partial charge in [-0.3, -0.25) is 37.3 Å². The van der Waals surface area contributed by atoms with Crippen molar-refractivity contribution in [3.05, 3.63) is 134 Å². The second-order valence-electron chi connectivity index (χ2n) is 28.7. The predicted molar refractivity (Wildman–Crippen MR) is 454 cm³/mol. The van der Waals surface area contributed by atoms with Crippen molar-refractivity contribution in [2.45, 2.75) is 380 Å². The zero-order valence-electron chi connectivity index (χ0n) is 69.4. The van der Waals surface area contributed by atoms with Crippen molar-refractivity contribution in [3.8, 4) is 0 Å². The van der Waals surface area contributed by atoms with E-state index in [1.54, 1.807) is 0 Å². The third-order valence-corrected chi connectivity index (χ3v) is 20.0. The molecule has 0 aliphatic rings. The average molecular weight is 1580 g/mol. The zero-order chi connectivity index (χ0) is 80.3. The van der Waals surface area contributed by atoms with Gasteiger partial charge >= 0.3 is 39.5 Å². The van der Waals surface area contributed by atoms with Crippen molar-refractivity contribution in [1.29, 1.82) is 0 Å². The molecule has 0 saturated heterocycles. The molecule has 0 saturated carbocycles. The van der Waals surface area contributed by atoms with E-state index >= 15 is 0 Å². The molecule has 0 aromatic rings. The quantitative estimate of drug-likeness (QED) is 0.0169. The van der Waals surface area contributed by atoms with Crippen LogP contribution in [0.1, 0.15) is 362 Å². The van der Waals surface area contributed by atoms with Crippen LogP contribution in [0.4, 0.5) is 0 Å². The van der Waals surface area contributed by atoms with Gasteiger partial charge in [-0.05, 0) is 148 Å². The summed E-state index contributed by atoms with van der Waals surface area (Å²) in [6.07, 6.45) is 94.0. The number of phosphoric ester groups is 2. The van der Waals surface area contributed by atoms with E-state index in [2.05, 4.69) is 161 Å². The largest absolute Gasteiger partial charge is 0.472 e. The maximum Gasteiger partial charge on any atom is 0.472 e. The molecule has 3 N–H and O–H groups in total. The Bertz CT molecular complexity index is 2600. The smallest absolute Gasteiger partial charge is 0.462 e. The minimum Gasteiger partial charge on any atom is -0.462 e. The molecule has 110 heavy (non-hydrogen) atoms. The first kappa shape index (κ1) is 105. The average Bonchev–Trinajstić information content (AvgIpc) is 0.942. The number of rotatable bonds is 81. The van der Waals surface area contributed by atoms with E-state index < -0.39 is 97.5 Å². The number of hydrogen-bond acceptors (Lipinski definition) is 15. The Morgan fingerprint density at radius 3 is 0.755 bits per heavy atom. The van der Waals surface area contributed by atoms with Gasteiger partial charge in [-0.25, -0.2) is 9.13 Å². The van der Waals surface area contributed by atoms with E-state index in [9.17, 15) is 43.2 Å². The third-order valence-electron chi connectivity index (χ3n) is 18.1. The molecule has 5 atom stereocenters. The fourth-order valence-corrected chi connectivity index (χ4v) is 13.1. The molecule has 0 aliphatic heterocycles. The first-order valence-electron chi connectivity index (χ1n) is 43.4. The van der Waals surface area contributed by atoms with Crippen molar-refractivity contribution >= 4 is 39.5 Å². The van der Waals surface area contributed by atoms with Gasteiger partial charge in [-0.1, -0.05) is 322 Å². The highest BCUT2D eigenvalue weighted by Crippen LogP contribution is 2.45. The van der Waals surface area contributed by atoms with Crippen LogP contribution in [0, 0.1) is 0 Å². The highest BCUT2D eigenvalue weighted by atomic mass is 31.2. The van der Waals surface area contributed by atoms with Crippen LogP contribution in [0.25, 0.3) is 0 Å². The number of carbonyl (C=O) groups excluding carboxylic acids is 4. The Balaban J connectivity index is 5.41. The second-order valence-corrected chi connectivity index (χ2v) is 31.7. The normalized spacial score (nSPS) is 14.4. The van der Waals surface area contributed by atoms with E-state index in [1.807, 2.05) is 0 Å². The lowest BCUT2D eigenvalue weighted by atomic mass is 10.0. The molecular weight excluding hydrogens is 1430 g/mol. The second kappa shape index (κ2) is 82.2. The van der Waals surface area contributed by atoms with E-state index in [4.69, 9.17) is 37.0 Å². The number of ether oxygens (including phenoxy) is 4. The fourth-order valence-electron chi connectivity index (χ4n) is 11.5. The van der Waals surface area contributed by atoms with Crippen molar-refractivity contribution in [2.75, 3.05) is 39.6 Å². The molecule has 0 aromatic heterocycles. The van der Waals surface area contributed by atoms with Crippen molar-refractivity contribution in [2.24, 2.45) is 0 Å². The number of aliphatic hydroxyl groups excluding tert-OH is 1. The summed E-state index contributed by atoms with van der Waals surface area (Å²) in [7, 11) is -9.99. The van der Waals surface area contributed by atoms with Crippen LogP contribution >= 0.6 is 15.6 Å². The Morgan fingerprint density at radius 2 is 0.473 bits per heavy atom. The fraction of sp³-hybridized carbons (Fsp3) is 0.714. The number of phosphoric acid groups is 2. The number of hydrogen-bond donors (Lipinski definition) is 3. The lowest BCUT2D eigenvalue weighted by Gasteiger charge is -2.21. The van der Waals surface area contributed by atoms with Crippen LogP contribution in [0.3, 0.4) is 0 Å². The molecule has 0 fully saturated rings. The summed E-state index contributed by atoms with van der Waals surface area (Å²) in [6.45, 7) is 4.69. The van der Waals surface area contributed by atoms with Crippen LogP contribution in [0.2, 0.25) is 0 Å². The SMILES string of the molecule is CC/C=C\C/C=C\C/C=C\C/C=C\C/C=C\CCCCCC(=O)OCC(COP(=O)(O)OCC(O)COP(=O)(O)OCC(COC(=O)CCCCCCCC/C=C\C/C=C\C/C=C\CCCCC)OC(=O)CCCCCCCC/C=C\C/C=C\C/C=C\CCCCC)OC(=O)CCCCCCCCCCCCCCC. The maximum atomic E-state index is 13.2. The summed E-state index contributed by atoms with van der Waals surface area (Å²) in [6, 6.07) is 0. The molecule has 5 unspecified atom stereocenters. The standard InChI is InChI=1S/C91H156O17P2/c1-5-9-13-17-21-25-29-33-36-39-42-45-48-52-55-59-63-67-71-75-88(93)101-81-86(107-90(95)77-73-69-65-61-57-51-32-28-24-20-16-12-8-4)83-105-109(97,98)103-79-85(92)80-104-110(99,100)106-84-87(108-91(96)78-74-70-66-62-58-54-50-47-44-41-38-35-31-27-23-19-15-11-7-3)82-102-89(94)76-72-68-64-60-56-53-49-46-43-40-37-34-30-26-22-18-14-10-6-2/h9,13,21-23,25-27,33-38,42-47,52,55,85-87,92H,5-8,10-12,14-20,24,28-32,39-41,48-51,53-54,56-84H2,1-4H3,(H,97,98)(H,99,100)/b13-9-,25-21-,26-22-,27-23-,36-33-,37-34-,38-35-,45-42-,46-43-,47-44-,55-52-. The number of unbranched alkanes of at least 4 members (excludes halogenated alkanes) is 33. The number of esters is 4. The molecule has 0 radical (unpaired) electrons. The summed E-state index contributed by atoms with van der Waals surface area (Å²) in [5.74, 6) is -2.22. The van der Waals surface area contributed by atoms with Crippen LogP contribution < -0.4 is 0 Å². The Kier molecular flexibility index (Phi) is 78.6. The molecule has 632 valence electrons. The molecule has 0 aliphatic carbocycles. The van der Waals surface area contributed by atoms with E-state index in [0.717, 1.165) is 193 Å². The number of carbonyl (C=O) groups is 4. The van der Waals surface area contributed by atoms with Gasteiger partial charge in [0.2, 0.25) is 0 Å². The molecule has 17 nitrogen and oxygen atoms in total. The van der Waals surface area contributed by atoms with Crippen molar-refractivity contribution < 1.29 is 80.2 Å². The van der Waals surface area contributed by atoms with Crippen LogP contribution in [0.15, 0.2) is 134 Å². The van der Waals surface area contributed by atoms with Crippen LogP contribution in [-0.4, -0.2) is 96.7 Å². The molecule has 19 heteroatoms. The minimum absolute atomic E-state index is 0.0748. The monoisotopic (exact) mass is 1580 g/mol. The van der Waals surface area contributed by atoms with Gasteiger partial charge in [0.25, 0.3) is 0 Å². The molecule has 0 spiro atoms. The Hall–Kier alpha value is -4.80. The first-order chi connectivity index (χ1) is 53.7. The lowest BCUT2D eigenvalue weighted by Crippen LogP contribution is -2.30. The van der Waals surface area contributed by atoms with Gasteiger partial charge in [0.15, 0.2) is 12.2 Å². The molecule has 0 bridgehead atoms. The van der Waals surface area contributed by atoms with E-state index in [0.29, 0.717) is 25.7 Å². The van der Waals surface area contributed by atoms with Crippen LogP contribution in [-0.2, 0) is 65.4 Å². The third kappa shape index (κ3) is 81.2. The van der Waals surface area contributed by atoms with Gasteiger partial charge in [-0.15, -0.1) is 0 Å². The summed E-state index contributed by atoms with van der Waals surface area (Å²) < 4.78 is 68.8. The van der Waals surface area contributed by atoms with Gasteiger partial charge in [0.05, 0.1) is 26.4 Å². The Morgan fingerprint density at radius 1 is 0.264 bits per heavy atom. The Labute approximate surface area is 669 Å². The molecule has 0 rings (SSSR count). The number of allylic oxidation sites excluding steroid dienone is 22. The summed E-state index contributed by atoms with van der Waals surface area (Å²) in [5.41, 5.74) is 0. The molecular formula is C91H156O17P2. The summed E-state index contributed by atoms with van der Waals surface area (Å²) in [5, 5.41) is 10.7. The first-order valence-corrected chi connectivity index (χ1v) is 46.4. The van der Waals surface area contributed by atoms with Gasteiger partial charge < -0.3 is 33.8 Å². The maximum absolute atomic E-state index is 13.2.